The summed E-state index contributed by atoms with van der Waals surface area (Å²) in [7, 11) is 1.97. The zero-order chi connectivity index (χ0) is 8.97. The molecular weight excluding hydrogens is 150 g/mol. The van der Waals surface area contributed by atoms with Crippen molar-refractivity contribution in [2.75, 3.05) is 13.6 Å². The lowest BCUT2D eigenvalue weighted by Crippen LogP contribution is -2.14. The Hall–Kier alpha value is -0.830. The third-order valence-electron chi connectivity index (χ3n) is 2.01. The maximum absolute atomic E-state index is 4.35. The van der Waals surface area contributed by atoms with Crippen molar-refractivity contribution in [1.29, 1.82) is 0 Å². The summed E-state index contributed by atoms with van der Waals surface area (Å²) in [6, 6.07) is 2.53. The van der Waals surface area contributed by atoms with Gasteiger partial charge in [-0.15, -0.1) is 0 Å². The van der Waals surface area contributed by atoms with Gasteiger partial charge in [-0.1, -0.05) is 0 Å². The van der Waals surface area contributed by atoms with Crippen LogP contribution in [0.5, 0.6) is 0 Å². The Bertz CT molecular complexity index is 229. The highest BCUT2D eigenvalue weighted by molar-refractivity contribution is 4.95. The molecule has 1 heterocycles. The average Bonchev–Trinajstić information content (AvgIpc) is 2.47. The number of nitrogens with zero attached hydrogens (tertiary/aromatic N) is 2. The Morgan fingerprint density at radius 3 is 2.92 bits per heavy atom. The van der Waals surface area contributed by atoms with E-state index >= 15 is 0 Å². The Balaban J connectivity index is 2.47. The molecule has 1 aromatic heterocycles. The van der Waals surface area contributed by atoms with E-state index in [0.29, 0.717) is 6.04 Å². The second-order valence-electron chi connectivity index (χ2n) is 3.18. The summed E-state index contributed by atoms with van der Waals surface area (Å²) in [6.45, 7) is 5.24. The standard InChI is InChI=1S/C9H17N3/c1-8-5-7-12(11-8)9(2)4-6-10-3/h5,7,9-10H,4,6H2,1-3H3. The summed E-state index contributed by atoms with van der Waals surface area (Å²) in [5, 5.41) is 7.49. The molecule has 0 fully saturated rings. The number of hydrogen-bond acceptors (Lipinski definition) is 2. The Morgan fingerprint density at radius 1 is 1.67 bits per heavy atom. The van der Waals surface area contributed by atoms with Crippen molar-refractivity contribution < 1.29 is 0 Å². The fourth-order valence-corrected chi connectivity index (χ4v) is 1.16. The first-order valence-electron chi connectivity index (χ1n) is 4.40. The van der Waals surface area contributed by atoms with Crippen LogP contribution in [0.25, 0.3) is 0 Å². The number of hydrogen-bond donors (Lipinski definition) is 1. The van der Waals surface area contributed by atoms with Gasteiger partial charge >= 0.3 is 0 Å². The minimum Gasteiger partial charge on any atom is -0.320 e. The molecule has 3 nitrogen and oxygen atoms in total. The molecule has 0 aromatic carbocycles. The van der Waals surface area contributed by atoms with Crippen LogP contribution in [0.3, 0.4) is 0 Å². The smallest absolute Gasteiger partial charge is 0.0593 e. The zero-order valence-electron chi connectivity index (χ0n) is 8.04. The lowest BCUT2D eigenvalue weighted by molar-refractivity contribution is 0.450. The van der Waals surface area contributed by atoms with Crippen LogP contribution in [0.1, 0.15) is 25.1 Å². The Kier molecular flexibility index (Phi) is 3.29. The third kappa shape index (κ3) is 2.34. The average molecular weight is 167 g/mol. The molecule has 0 radical (unpaired) electrons. The van der Waals surface area contributed by atoms with E-state index in [0.717, 1.165) is 18.7 Å². The molecule has 1 aromatic rings. The van der Waals surface area contributed by atoms with Gasteiger partial charge in [-0.3, -0.25) is 4.68 Å². The van der Waals surface area contributed by atoms with E-state index in [2.05, 4.69) is 17.3 Å². The highest BCUT2D eigenvalue weighted by Crippen LogP contribution is 2.08. The molecule has 0 saturated heterocycles. The van der Waals surface area contributed by atoms with Gasteiger partial charge in [0, 0.05) is 6.20 Å². The monoisotopic (exact) mass is 167 g/mol. The molecule has 1 N–H and O–H groups in total. The summed E-state index contributed by atoms with van der Waals surface area (Å²) in [5.41, 5.74) is 1.09. The van der Waals surface area contributed by atoms with Crippen molar-refractivity contribution in [2.24, 2.45) is 0 Å². The molecule has 0 aliphatic rings. The summed E-state index contributed by atoms with van der Waals surface area (Å²) < 4.78 is 2.02. The molecule has 1 atom stereocenters. The van der Waals surface area contributed by atoms with Gasteiger partial charge in [-0.05, 0) is 39.9 Å². The van der Waals surface area contributed by atoms with E-state index in [4.69, 9.17) is 0 Å². The third-order valence-corrected chi connectivity index (χ3v) is 2.01. The number of aromatic nitrogens is 2. The van der Waals surface area contributed by atoms with Gasteiger partial charge in [0.1, 0.15) is 0 Å². The summed E-state index contributed by atoms with van der Waals surface area (Å²) in [6.07, 6.45) is 3.16. The van der Waals surface area contributed by atoms with E-state index in [1.54, 1.807) is 0 Å². The maximum Gasteiger partial charge on any atom is 0.0593 e. The van der Waals surface area contributed by atoms with Gasteiger partial charge < -0.3 is 5.32 Å². The lowest BCUT2D eigenvalue weighted by atomic mass is 10.2. The molecule has 3 heteroatoms. The van der Waals surface area contributed by atoms with Crippen LogP contribution in [0.15, 0.2) is 12.3 Å². The van der Waals surface area contributed by atoms with Crippen molar-refractivity contribution in [3.63, 3.8) is 0 Å². The zero-order valence-corrected chi connectivity index (χ0v) is 8.04. The van der Waals surface area contributed by atoms with Crippen molar-refractivity contribution in [1.82, 2.24) is 15.1 Å². The first kappa shape index (κ1) is 9.26. The van der Waals surface area contributed by atoms with Crippen LogP contribution in [-0.4, -0.2) is 23.4 Å². The van der Waals surface area contributed by atoms with Gasteiger partial charge in [-0.2, -0.15) is 5.10 Å². The SMILES string of the molecule is CNCCC(C)n1ccc(C)n1. The predicted octanol–water partition coefficient (Wildman–Crippen LogP) is 1.36. The van der Waals surface area contributed by atoms with Crippen LogP contribution >= 0.6 is 0 Å². The fourth-order valence-electron chi connectivity index (χ4n) is 1.16. The van der Waals surface area contributed by atoms with Gasteiger partial charge in [0.15, 0.2) is 0 Å². The normalized spacial score (nSPS) is 13.2. The molecule has 0 spiro atoms. The van der Waals surface area contributed by atoms with Crippen molar-refractivity contribution in [3.05, 3.63) is 18.0 Å². The van der Waals surface area contributed by atoms with Gasteiger partial charge in [-0.25, -0.2) is 0 Å². The molecule has 0 bridgehead atoms. The summed E-state index contributed by atoms with van der Waals surface area (Å²) >= 11 is 0. The van der Waals surface area contributed by atoms with E-state index in [1.165, 1.54) is 0 Å². The van der Waals surface area contributed by atoms with Gasteiger partial charge in [0.2, 0.25) is 0 Å². The van der Waals surface area contributed by atoms with Crippen LogP contribution in [0, 0.1) is 6.92 Å². The molecule has 0 saturated carbocycles. The van der Waals surface area contributed by atoms with Gasteiger partial charge in [0.05, 0.1) is 11.7 Å². The molecule has 0 aliphatic heterocycles. The summed E-state index contributed by atoms with van der Waals surface area (Å²) in [5.74, 6) is 0. The second kappa shape index (κ2) is 4.26. The van der Waals surface area contributed by atoms with E-state index in [1.807, 2.05) is 30.9 Å². The number of aryl methyl sites for hydroxylation is 1. The largest absolute Gasteiger partial charge is 0.320 e. The maximum atomic E-state index is 4.35. The molecule has 1 rings (SSSR count). The minimum atomic E-state index is 0.492. The topological polar surface area (TPSA) is 29.9 Å². The van der Waals surface area contributed by atoms with Crippen LogP contribution < -0.4 is 5.32 Å². The molecule has 0 aliphatic carbocycles. The van der Waals surface area contributed by atoms with Crippen LogP contribution in [-0.2, 0) is 0 Å². The molecule has 12 heavy (non-hydrogen) atoms. The predicted molar refractivity (Wildman–Crippen MR) is 50.2 cm³/mol. The first-order chi connectivity index (χ1) is 5.74. The minimum absolute atomic E-state index is 0.492. The highest BCUT2D eigenvalue weighted by Gasteiger charge is 2.03. The van der Waals surface area contributed by atoms with E-state index in [9.17, 15) is 0 Å². The molecule has 68 valence electrons. The summed E-state index contributed by atoms with van der Waals surface area (Å²) in [4.78, 5) is 0. The quantitative estimate of drug-likeness (QED) is 0.734. The van der Waals surface area contributed by atoms with E-state index < -0.39 is 0 Å². The molecular formula is C9H17N3. The van der Waals surface area contributed by atoms with Crippen molar-refractivity contribution in [3.8, 4) is 0 Å². The molecule has 0 amide bonds. The molecule has 1 unspecified atom stereocenters. The van der Waals surface area contributed by atoms with Crippen LogP contribution in [0.4, 0.5) is 0 Å². The first-order valence-corrected chi connectivity index (χ1v) is 4.40. The Morgan fingerprint density at radius 2 is 2.42 bits per heavy atom. The highest BCUT2D eigenvalue weighted by atomic mass is 15.3. The fraction of sp³-hybridized carbons (Fsp3) is 0.667. The second-order valence-corrected chi connectivity index (χ2v) is 3.18. The Labute approximate surface area is 73.8 Å². The van der Waals surface area contributed by atoms with Gasteiger partial charge in [0.25, 0.3) is 0 Å². The lowest BCUT2D eigenvalue weighted by Gasteiger charge is -2.10. The number of rotatable bonds is 4. The number of nitrogens with one attached hydrogen (secondary N) is 1. The van der Waals surface area contributed by atoms with Crippen LogP contribution in [0.2, 0.25) is 0 Å². The van der Waals surface area contributed by atoms with Crippen molar-refractivity contribution in [2.45, 2.75) is 26.3 Å². The van der Waals surface area contributed by atoms with E-state index in [-0.39, 0.29) is 0 Å². The van der Waals surface area contributed by atoms with Crippen molar-refractivity contribution >= 4 is 0 Å².